The molecule has 0 saturated heterocycles. The van der Waals surface area contributed by atoms with Crippen molar-refractivity contribution in [1.29, 1.82) is 0 Å². The molecule has 0 aliphatic rings. The van der Waals surface area contributed by atoms with E-state index in [2.05, 4.69) is 19.9 Å². The molecular weight excluding hydrogens is 424 g/mol. The smallest absolute Gasteiger partial charge is 0.335 e. The number of carboxylic acids is 2. The number of aromatic amines is 2. The number of benzene rings is 2. The summed E-state index contributed by atoms with van der Waals surface area (Å²) in [5.41, 5.74) is 0.662. The molecule has 155 valence electrons. The van der Waals surface area contributed by atoms with Crippen LogP contribution < -0.4 is 0 Å². The SMILES string of the molecule is O=C(O)c1ccccc1.O=C(O)c1ccccc1.[Cu].c1c[nH]cn1.c1c[nH]cn1. The van der Waals surface area contributed by atoms with Crippen LogP contribution in [-0.4, -0.2) is 42.1 Å². The second kappa shape index (κ2) is 16.5. The van der Waals surface area contributed by atoms with E-state index < -0.39 is 11.9 Å². The number of aromatic nitrogens is 4. The van der Waals surface area contributed by atoms with Crippen LogP contribution in [0.3, 0.4) is 0 Å². The van der Waals surface area contributed by atoms with Crippen LogP contribution in [0.2, 0.25) is 0 Å². The number of nitrogens with zero attached hydrogens (tertiary/aromatic N) is 2. The summed E-state index contributed by atoms with van der Waals surface area (Å²) in [7, 11) is 0. The van der Waals surface area contributed by atoms with Gasteiger partial charge in [0.1, 0.15) is 0 Å². The molecule has 2 aromatic heterocycles. The van der Waals surface area contributed by atoms with Gasteiger partial charge in [0.25, 0.3) is 0 Å². The molecule has 0 spiro atoms. The number of nitrogens with one attached hydrogen (secondary N) is 2. The van der Waals surface area contributed by atoms with Crippen molar-refractivity contribution in [3.05, 3.63) is 109 Å². The maximum atomic E-state index is 10.2. The fraction of sp³-hybridized carbons (Fsp3) is 0. The summed E-state index contributed by atoms with van der Waals surface area (Å²) in [6, 6.07) is 16.6. The Balaban J connectivity index is 0.000000369. The Morgan fingerprint density at radius 3 is 1.14 bits per heavy atom. The zero-order valence-corrected chi connectivity index (χ0v) is 16.1. The van der Waals surface area contributed by atoms with Crippen molar-refractivity contribution >= 4 is 11.9 Å². The van der Waals surface area contributed by atoms with Crippen LogP contribution in [-0.2, 0) is 17.1 Å². The molecule has 2 aromatic carbocycles. The van der Waals surface area contributed by atoms with E-state index in [1.165, 1.54) is 0 Å². The zero-order chi connectivity index (χ0) is 20.5. The minimum absolute atomic E-state index is 0. The van der Waals surface area contributed by atoms with E-state index >= 15 is 0 Å². The maximum Gasteiger partial charge on any atom is 0.335 e. The number of H-pyrrole nitrogens is 2. The van der Waals surface area contributed by atoms with Crippen LogP contribution in [0.15, 0.2) is 98.1 Å². The quantitative estimate of drug-likeness (QED) is 0.350. The summed E-state index contributed by atoms with van der Waals surface area (Å²) in [5, 5.41) is 16.8. The van der Waals surface area contributed by atoms with E-state index in [0.717, 1.165) is 0 Å². The third kappa shape index (κ3) is 13.2. The molecular formula is C20H20CuN4O4. The molecule has 29 heavy (non-hydrogen) atoms. The molecule has 2 heterocycles. The monoisotopic (exact) mass is 443 g/mol. The molecule has 0 atom stereocenters. The Kier molecular flexibility index (Phi) is 14.4. The molecule has 8 nitrogen and oxygen atoms in total. The van der Waals surface area contributed by atoms with Crippen molar-refractivity contribution in [2.24, 2.45) is 0 Å². The van der Waals surface area contributed by atoms with Crippen molar-refractivity contribution in [1.82, 2.24) is 19.9 Å². The molecule has 0 aliphatic carbocycles. The molecule has 0 amide bonds. The predicted molar refractivity (Wildman–Crippen MR) is 104 cm³/mol. The minimum Gasteiger partial charge on any atom is -0.478 e. The van der Waals surface area contributed by atoms with E-state index in [0.29, 0.717) is 11.1 Å². The number of imidazole rings is 2. The van der Waals surface area contributed by atoms with Gasteiger partial charge in [-0.1, -0.05) is 36.4 Å². The third-order valence-corrected chi connectivity index (χ3v) is 2.85. The average molecular weight is 444 g/mol. The van der Waals surface area contributed by atoms with Crippen molar-refractivity contribution in [2.75, 3.05) is 0 Å². The molecule has 0 saturated carbocycles. The Labute approximate surface area is 178 Å². The molecule has 4 aromatic rings. The van der Waals surface area contributed by atoms with E-state index in [1.807, 2.05) is 0 Å². The Hall–Kier alpha value is -3.68. The Morgan fingerprint density at radius 1 is 0.655 bits per heavy atom. The van der Waals surface area contributed by atoms with Crippen LogP contribution in [0.25, 0.3) is 0 Å². The molecule has 1 radical (unpaired) electrons. The normalized spacial score (nSPS) is 8.28. The molecule has 0 unspecified atom stereocenters. The Morgan fingerprint density at radius 2 is 1.00 bits per heavy atom. The standard InChI is InChI=1S/2C7H6O2.2C3H4N2.Cu/c2*8-7(9)6-4-2-1-3-5-6;2*1-2-5-3-4-1;/h2*1-5H,(H,8,9);2*1-3H,(H,4,5);. The number of carbonyl (C=O) groups is 2. The summed E-state index contributed by atoms with van der Waals surface area (Å²) in [6.07, 6.45) is 10.2. The van der Waals surface area contributed by atoms with Gasteiger partial charge in [-0.2, -0.15) is 0 Å². The first-order chi connectivity index (χ1) is 13.6. The van der Waals surface area contributed by atoms with Gasteiger partial charge in [-0.25, -0.2) is 19.6 Å². The predicted octanol–water partition coefficient (Wildman–Crippen LogP) is 3.59. The van der Waals surface area contributed by atoms with Crippen molar-refractivity contribution < 1.29 is 36.9 Å². The first kappa shape index (κ1) is 25.3. The van der Waals surface area contributed by atoms with Gasteiger partial charge in [0.05, 0.1) is 23.8 Å². The largest absolute Gasteiger partial charge is 0.478 e. The van der Waals surface area contributed by atoms with Crippen LogP contribution >= 0.6 is 0 Å². The fourth-order valence-electron chi connectivity index (χ4n) is 1.59. The van der Waals surface area contributed by atoms with Crippen molar-refractivity contribution in [2.45, 2.75) is 0 Å². The summed E-state index contributed by atoms with van der Waals surface area (Å²) in [5.74, 6) is -1.76. The van der Waals surface area contributed by atoms with Gasteiger partial charge in [-0.15, -0.1) is 0 Å². The number of rotatable bonds is 2. The van der Waals surface area contributed by atoms with Crippen LogP contribution in [0.1, 0.15) is 20.7 Å². The van der Waals surface area contributed by atoms with E-state index in [1.54, 1.807) is 98.1 Å². The molecule has 4 N–H and O–H groups in total. The van der Waals surface area contributed by atoms with Gasteiger partial charge >= 0.3 is 11.9 Å². The van der Waals surface area contributed by atoms with Crippen LogP contribution in [0, 0.1) is 0 Å². The van der Waals surface area contributed by atoms with Gasteiger partial charge in [0.2, 0.25) is 0 Å². The van der Waals surface area contributed by atoms with E-state index in [4.69, 9.17) is 10.2 Å². The van der Waals surface area contributed by atoms with Crippen molar-refractivity contribution in [3.8, 4) is 0 Å². The van der Waals surface area contributed by atoms with Gasteiger partial charge < -0.3 is 20.2 Å². The fourth-order valence-corrected chi connectivity index (χ4v) is 1.59. The number of hydrogen-bond donors (Lipinski definition) is 4. The maximum absolute atomic E-state index is 10.2. The molecule has 0 fully saturated rings. The van der Waals surface area contributed by atoms with Gasteiger partial charge in [-0.3, -0.25) is 0 Å². The minimum atomic E-state index is -0.879. The average Bonchev–Trinajstić information content (AvgIpc) is 3.48. The Bertz CT molecular complexity index is 761. The molecule has 0 aliphatic heterocycles. The number of hydrogen-bond acceptors (Lipinski definition) is 4. The van der Waals surface area contributed by atoms with E-state index in [9.17, 15) is 9.59 Å². The second-order valence-corrected chi connectivity index (χ2v) is 4.86. The number of aromatic carboxylic acids is 2. The first-order valence-corrected chi connectivity index (χ1v) is 8.03. The summed E-state index contributed by atoms with van der Waals surface area (Å²) >= 11 is 0. The van der Waals surface area contributed by atoms with E-state index in [-0.39, 0.29) is 17.1 Å². The summed E-state index contributed by atoms with van der Waals surface area (Å²) in [6.45, 7) is 0. The van der Waals surface area contributed by atoms with Gasteiger partial charge in [-0.05, 0) is 24.3 Å². The van der Waals surface area contributed by atoms with Crippen LogP contribution in [0.5, 0.6) is 0 Å². The van der Waals surface area contributed by atoms with Gasteiger partial charge in [0, 0.05) is 41.9 Å². The zero-order valence-electron chi connectivity index (χ0n) is 15.1. The topological polar surface area (TPSA) is 132 Å². The molecule has 0 bridgehead atoms. The third-order valence-electron chi connectivity index (χ3n) is 2.85. The number of carboxylic acid groups (broad SMARTS) is 2. The second-order valence-electron chi connectivity index (χ2n) is 4.86. The summed E-state index contributed by atoms with van der Waals surface area (Å²) < 4.78 is 0. The van der Waals surface area contributed by atoms with Crippen molar-refractivity contribution in [3.63, 3.8) is 0 Å². The van der Waals surface area contributed by atoms with Gasteiger partial charge in [0.15, 0.2) is 0 Å². The first-order valence-electron chi connectivity index (χ1n) is 8.03. The summed E-state index contributed by atoms with van der Waals surface area (Å²) in [4.78, 5) is 33.2. The molecule has 9 heteroatoms. The molecule has 4 rings (SSSR count). The van der Waals surface area contributed by atoms with Crippen LogP contribution in [0.4, 0.5) is 0 Å².